The lowest BCUT2D eigenvalue weighted by Crippen LogP contribution is -2.76. The Morgan fingerprint density at radius 2 is 1.88 bits per heavy atom. The quantitative estimate of drug-likeness (QED) is 0.299. The molecular weight excluding hydrogens is 582 g/mol. The third kappa shape index (κ3) is 6.45. The Morgan fingerprint density at radius 3 is 2.58 bits per heavy atom. The summed E-state index contributed by atoms with van der Waals surface area (Å²) in [5.74, 6) is -2.70. The number of piperazine rings is 1. The molecule has 2 N–H and O–H groups in total. The number of halogens is 3. The van der Waals surface area contributed by atoms with Crippen LogP contribution in [0.2, 0.25) is 5.15 Å². The molecule has 43 heavy (non-hydrogen) atoms. The van der Waals surface area contributed by atoms with Gasteiger partial charge < -0.3 is 20.2 Å². The van der Waals surface area contributed by atoms with Gasteiger partial charge in [0, 0.05) is 25.6 Å². The van der Waals surface area contributed by atoms with E-state index in [1.165, 1.54) is 38.0 Å². The minimum Gasteiger partial charge on any atom is -0.508 e. The Bertz CT molecular complexity index is 1540. The first-order valence-corrected chi connectivity index (χ1v) is 13.9. The maximum absolute atomic E-state index is 14.9. The molecule has 2 fully saturated rings. The lowest BCUT2D eigenvalue weighted by molar-refractivity contribution is -0.189. The largest absolute Gasteiger partial charge is 0.508 e. The predicted octanol–water partition coefficient (Wildman–Crippen LogP) is 3.46. The Labute approximate surface area is 251 Å². The lowest BCUT2D eigenvalue weighted by atomic mass is 9.98. The number of hydrogen-bond acceptors (Lipinski definition) is 6. The molecule has 0 radical (unpaired) electrons. The van der Waals surface area contributed by atoms with Crippen LogP contribution in [-0.4, -0.2) is 79.6 Å². The molecule has 3 heterocycles. The standard InChI is InChI=1S/C30H29ClF2N6O4/c1-2-12-37-18-27(41)38-25(13-20-8-10-22(40)14-24(20)33)29(42)36(16-21-9-11-23(32)28(31)35-21)17-26(38)39(37)30(43)34-15-19-6-4-3-5-7-19/h2-11,14,25-26,40H,1,12-13,15-18H2,(H,34,43)/t25-,26-/m0/s1. The fraction of sp³-hybridized carbons (Fsp3) is 0.267. The minimum absolute atomic E-state index is 0.0982. The third-order valence-electron chi connectivity index (χ3n) is 7.33. The molecule has 1 aromatic heterocycles. The van der Waals surface area contributed by atoms with Gasteiger partial charge in [0.1, 0.15) is 23.8 Å². The van der Waals surface area contributed by atoms with Gasteiger partial charge in [0.15, 0.2) is 11.0 Å². The van der Waals surface area contributed by atoms with Crippen LogP contribution < -0.4 is 5.32 Å². The number of hydrogen-bond donors (Lipinski definition) is 2. The van der Waals surface area contributed by atoms with Gasteiger partial charge in [-0.3, -0.25) is 9.59 Å². The van der Waals surface area contributed by atoms with E-state index in [2.05, 4.69) is 16.9 Å². The van der Waals surface area contributed by atoms with E-state index in [1.54, 1.807) is 6.08 Å². The van der Waals surface area contributed by atoms with E-state index >= 15 is 0 Å². The molecule has 13 heteroatoms. The van der Waals surface area contributed by atoms with Crippen LogP contribution in [0.1, 0.15) is 16.8 Å². The van der Waals surface area contributed by atoms with E-state index in [0.717, 1.165) is 17.7 Å². The van der Waals surface area contributed by atoms with Crippen molar-refractivity contribution >= 4 is 29.4 Å². The first-order valence-electron chi connectivity index (χ1n) is 13.5. The number of hydrazine groups is 1. The van der Waals surface area contributed by atoms with Gasteiger partial charge in [0.2, 0.25) is 11.8 Å². The molecule has 4 amide bonds. The van der Waals surface area contributed by atoms with Crippen molar-refractivity contribution in [2.24, 2.45) is 0 Å². The average molecular weight is 611 g/mol. The summed E-state index contributed by atoms with van der Waals surface area (Å²) in [5, 5.41) is 15.1. The molecule has 10 nitrogen and oxygen atoms in total. The summed E-state index contributed by atoms with van der Waals surface area (Å²) in [7, 11) is 0. The van der Waals surface area contributed by atoms with Gasteiger partial charge in [-0.1, -0.05) is 54.1 Å². The maximum atomic E-state index is 14.9. The van der Waals surface area contributed by atoms with Crippen molar-refractivity contribution in [1.82, 2.24) is 30.1 Å². The summed E-state index contributed by atoms with van der Waals surface area (Å²) in [6, 6.07) is 13.6. The minimum atomic E-state index is -1.20. The number of phenolic OH excluding ortho intramolecular Hbond substituents is 1. The lowest BCUT2D eigenvalue weighted by Gasteiger charge is -2.55. The summed E-state index contributed by atoms with van der Waals surface area (Å²) in [4.78, 5) is 48.0. The summed E-state index contributed by atoms with van der Waals surface area (Å²) >= 11 is 5.89. The molecule has 2 atom stereocenters. The van der Waals surface area contributed by atoms with Crippen LogP contribution in [0.25, 0.3) is 0 Å². The molecule has 2 aromatic carbocycles. The predicted molar refractivity (Wildman–Crippen MR) is 153 cm³/mol. The van der Waals surface area contributed by atoms with Gasteiger partial charge in [-0.2, -0.15) is 0 Å². The molecule has 5 rings (SSSR count). The van der Waals surface area contributed by atoms with Crippen molar-refractivity contribution in [3.63, 3.8) is 0 Å². The molecule has 2 aliphatic rings. The van der Waals surface area contributed by atoms with Crippen molar-refractivity contribution in [3.8, 4) is 5.75 Å². The van der Waals surface area contributed by atoms with Gasteiger partial charge in [0.05, 0.1) is 25.3 Å². The Balaban J connectivity index is 1.52. The topological polar surface area (TPSA) is 109 Å². The normalized spacial score (nSPS) is 18.9. The van der Waals surface area contributed by atoms with E-state index in [1.807, 2.05) is 30.3 Å². The number of carbonyl (C=O) groups excluding carboxylic acids is 3. The van der Waals surface area contributed by atoms with Crippen molar-refractivity contribution < 1.29 is 28.3 Å². The summed E-state index contributed by atoms with van der Waals surface area (Å²) in [6.45, 7) is 3.69. The van der Waals surface area contributed by atoms with Crippen LogP contribution in [0.3, 0.4) is 0 Å². The number of amides is 4. The van der Waals surface area contributed by atoms with Crippen molar-refractivity contribution in [3.05, 3.63) is 107 Å². The zero-order valence-corrected chi connectivity index (χ0v) is 23.8. The van der Waals surface area contributed by atoms with Crippen molar-refractivity contribution in [1.29, 1.82) is 0 Å². The zero-order valence-electron chi connectivity index (χ0n) is 23.0. The molecule has 0 spiro atoms. The van der Waals surface area contributed by atoms with Crippen LogP contribution in [0.15, 0.2) is 73.3 Å². The van der Waals surface area contributed by atoms with E-state index in [0.29, 0.717) is 0 Å². The van der Waals surface area contributed by atoms with Crippen LogP contribution >= 0.6 is 11.6 Å². The smallest absolute Gasteiger partial charge is 0.334 e. The fourth-order valence-electron chi connectivity index (χ4n) is 5.35. The number of nitrogens with zero attached hydrogens (tertiary/aromatic N) is 5. The Hall–Kier alpha value is -4.55. The fourth-order valence-corrected chi connectivity index (χ4v) is 5.52. The number of pyridine rings is 1. The number of phenols is 1. The highest BCUT2D eigenvalue weighted by Gasteiger charge is 2.51. The Kier molecular flexibility index (Phi) is 8.88. The summed E-state index contributed by atoms with van der Waals surface area (Å²) < 4.78 is 28.7. The van der Waals surface area contributed by atoms with Crippen LogP contribution in [0.5, 0.6) is 5.75 Å². The van der Waals surface area contributed by atoms with Crippen molar-refractivity contribution in [2.75, 3.05) is 19.6 Å². The first-order chi connectivity index (χ1) is 20.7. The van der Waals surface area contributed by atoms with E-state index in [4.69, 9.17) is 11.6 Å². The highest BCUT2D eigenvalue weighted by Crippen LogP contribution is 2.30. The van der Waals surface area contributed by atoms with Gasteiger partial charge >= 0.3 is 6.03 Å². The van der Waals surface area contributed by atoms with Gasteiger partial charge in [-0.15, -0.1) is 6.58 Å². The first kappa shape index (κ1) is 29.9. The Morgan fingerprint density at radius 1 is 1.12 bits per heavy atom. The molecule has 0 bridgehead atoms. The molecule has 0 saturated carbocycles. The molecule has 0 unspecified atom stereocenters. The maximum Gasteiger partial charge on any atom is 0.334 e. The molecule has 2 aliphatic heterocycles. The second-order valence-electron chi connectivity index (χ2n) is 10.2. The second kappa shape index (κ2) is 12.8. The van der Waals surface area contributed by atoms with Gasteiger partial charge in [-0.25, -0.2) is 28.6 Å². The zero-order chi connectivity index (χ0) is 30.7. The number of aromatic hydroxyl groups is 1. The van der Waals surface area contributed by atoms with Gasteiger partial charge in [-0.05, 0) is 29.3 Å². The molecule has 3 aromatic rings. The van der Waals surface area contributed by atoms with E-state index in [9.17, 15) is 28.3 Å². The van der Waals surface area contributed by atoms with Crippen molar-refractivity contribution in [2.45, 2.75) is 31.7 Å². The number of carbonyl (C=O) groups is 3. The number of nitrogens with one attached hydrogen (secondary N) is 1. The molecule has 2 saturated heterocycles. The van der Waals surface area contributed by atoms with E-state index in [-0.39, 0.29) is 61.3 Å². The summed E-state index contributed by atoms with van der Waals surface area (Å²) in [6.07, 6.45) is 0.359. The highest BCUT2D eigenvalue weighted by molar-refractivity contribution is 6.29. The SMILES string of the molecule is C=CCN1CC(=O)N2[C@@H](Cc3ccc(O)cc3F)C(=O)N(Cc3ccc(F)c(Cl)n3)C[C@@H]2N1C(=O)NCc1ccccc1. The number of aromatic nitrogens is 1. The second-order valence-corrected chi connectivity index (χ2v) is 10.6. The van der Waals surface area contributed by atoms with Gasteiger partial charge in [0.25, 0.3) is 0 Å². The number of fused-ring (bicyclic) bond motifs is 1. The van der Waals surface area contributed by atoms with Crippen LogP contribution in [-0.2, 0) is 29.1 Å². The molecule has 0 aliphatic carbocycles. The molecule has 224 valence electrons. The summed E-state index contributed by atoms with van der Waals surface area (Å²) in [5.41, 5.74) is 1.24. The highest BCUT2D eigenvalue weighted by atomic mass is 35.5. The van der Waals surface area contributed by atoms with E-state index < -0.39 is 41.7 Å². The number of urea groups is 1. The number of benzene rings is 2. The third-order valence-corrected chi connectivity index (χ3v) is 7.59. The molecular formula is C30H29ClF2N6O4. The monoisotopic (exact) mass is 610 g/mol. The van der Waals surface area contributed by atoms with Crippen LogP contribution in [0.4, 0.5) is 13.6 Å². The number of rotatable bonds is 8. The van der Waals surface area contributed by atoms with Crippen LogP contribution in [0, 0.1) is 11.6 Å². The average Bonchev–Trinajstić information content (AvgIpc) is 2.98.